The monoisotopic (exact) mass is 269 g/mol. The van der Waals surface area contributed by atoms with Crippen LogP contribution in [0.5, 0.6) is 0 Å². The van der Waals surface area contributed by atoms with E-state index < -0.39 is 0 Å². The molecule has 0 spiro atoms. The molecule has 0 saturated heterocycles. The van der Waals surface area contributed by atoms with E-state index in [1.165, 1.54) is 24.0 Å². The average molecular weight is 269 g/mol. The third-order valence-electron chi connectivity index (χ3n) is 3.70. The first-order valence-corrected chi connectivity index (χ1v) is 7.25. The minimum absolute atomic E-state index is 0.292. The van der Waals surface area contributed by atoms with Crippen molar-refractivity contribution < 1.29 is 5.11 Å². The number of aliphatic hydroxyl groups is 1. The van der Waals surface area contributed by atoms with E-state index in [2.05, 4.69) is 24.3 Å². The first-order chi connectivity index (χ1) is 9.68. The van der Waals surface area contributed by atoms with Crippen LogP contribution in [0.2, 0.25) is 0 Å². The first-order valence-electron chi connectivity index (χ1n) is 7.25. The Morgan fingerprint density at radius 3 is 2.30 bits per heavy atom. The fourth-order valence-electron chi connectivity index (χ4n) is 2.52. The molecular formula is C18H23NO. The van der Waals surface area contributed by atoms with Gasteiger partial charge in [-0.1, -0.05) is 54.6 Å². The molecular weight excluding hydrogens is 246 g/mol. The van der Waals surface area contributed by atoms with Gasteiger partial charge in [-0.2, -0.15) is 0 Å². The molecule has 3 rings (SSSR count). The standard InChI is InChI=1S/C10H13N.C8H10O/c11-10-7-3-5-8-4-1-2-6-9(8)10;1-7(9)8-5-3-2-4-6-8/h1-2,4,6,10H,3,5,7,11H2;2-7,9H,1H3. The number of hydrogen-bond acceptors (Lipinski definition) is 2. The molecule has 0 amide bonds. The third kappa shape index (κ3) is 3.92. The molecule has 2 heteroatoms. The molecule has 2 aromatic rings. The van der Waals surface area contributed by atoms with Crippen LogP contribution in [0.4, 0.5) is 0 Å². The summed E-state index contributed by atoms with van der Waals surface area (Å²) >= 11 is 0. The number of fused-ring (bicyclic) bond motifs is 1. The minimum atomic E-state index is -0.341. The minimum Gasteiger partial charge on any atom is -0.389 e. The fraction of sp³-hybridized carbons (Fsp3) is 0.333. The molecule has 2 atom stereocenters. The summed E-state index contributed by atoms with van der Waals surface area (Å²) in [6, 6.07) is 18.4. The Hall–Kier alpha value is -1.64. The Bertz CT molecular complexity index is 522. The van der Waals surface area contributed by atoms with Crippen molar-refractivity contribution in [1.29, 1.82) is 0 Å². The highest BCUT2D eigenvalue weighted by molar-refractivity contribution is 5.31. The number of nitrogens with two attached hydrogens (primary N) is 1. The van der Waals surface area contributed by atoms with Gasteiger partial charge in [-0.05, 0) is 42.9 Å². The maximum Gasteiger partial charge on any atom is 0.0761 e. The summed E-state index contributed by atoms with van der Waals surface area (Å²) in [6.07, 6.45) is 3.27. The lowest BCUT2D eigenvalue weighted by atomic mass is 9.88. The lowest BCUT2D eigenvalue weighted by Crippen LogP contribution is -2.16. The van der Waals surface area contributed by atoms with Gasteiger partial charge in [0.25, 0.3) is 0 Å². The van der Waals surface area contributed by atoms with Crippen molar-refractivity contribution in [3.05, 3.63) is 71.3 Å². The van der Waals surface area contributed by atoms with Gasteiger partial charge in [-0.3, -0.25) is 0 Å². The molecule has 0 heterocycles. The Labute approximate surface area is 121 Å². The van der Waals surface area contributed by atoms with Crippen LogP contribution in [0.1, 0.15) is 48.6 Å². The van der Waals surface area contributed by atoms with Crippen molar-refractivity contribution in [3.63, 3.8) is 0 Å². The SMILES string of the molecule is CC(O)c1ccccc1.NC1CCCc2ccccc21. The van der Waals surface area contributed by atoms with Gasteiger partial charge in [0.1, 0.15) is 0 Å². The summed E-state index contributed by atoms with van der Waals surface area (Å²) in [4.78, 5) is 0. The van der Waals surface area contributed by atoms with Gasteiger partial charge >= 0.3 is 0 Å². The normalized spacial score (nSPS) is 18.4. The van der Waals surface area contributed by atoms with Crippen LogP contribution in [-0.4, -0.2) is 5.11 Å². The zero-order valence-corrected chi connectivity index (χ0v) is 12.0. The van der Waals surface area contributed by atoms with E-state index in [9.17, 15) is 0 Å². The third-order valence-corrected chi connectivity index (χ3v) is 3.70. The van der Waals surface area contributed by atoms with Gasteiger partial charge in [-0.25, -0.2) is 0 Å². The Morgan fingerprint density at radius 1 is 1.05 bits per heavy atom. The highest BCUT2D eigenvalue weighted by Gasteiger charge is 2.14. The van der Waals surface area contributed by atoms with Crippen molar-refractivity contribution >= 4 is 0 Å². The summed E-state index contributed by atoms with van der Waals surface area (Å²) in [7, 11) is 0. The fourth-order valence-corrected chi connectivity index (χ4v) is 2.52. The molecule has 1 aliphatic carbocycles. The molecule has 2 unspecified atom stereocenters. The summed E-state index contributed by atoms with van der Waals surface area (Å²) in [5.74, 6) is 0. The molecule has 2 nitrogen and oxygen atoms in total. The van der Waals surface area contributed by atoms with E-state index in [0.717, 1.165) is 12.0 Å². The molecule has 106 valence electrons. The van der Waals surface area contributed by atoms with E-state index in [4.69, 9.17) is 10.8 Å². The number of benzene rings is 2. The van der Waals surface area contributed by atoms with Crippen LogP contribution >= 0.6 is 0 Å². The largest absolute Gasteiger partial charge is 0.389 e. The average Bonchev–Trinajstić information content (AvgIpc) is 2.49. The Kier molecular flexibility index (Phi) is 5.33. The molecule has 0 radical (unpaired) electrons. The van der Waals surface area contributed by atoms with Crippen LogP contribution in [0.3, 0.4) is 0 Å². The summed E-state index contributed by atoms with van der Waals surface area (Å²) < 4.78 is 0. The van der Waals surface area contributed by atoms with Crippen molar-refractivity contribution in [2.24, 2.45) is 5.73 Å². The number of aryl methyl sites for hydroxylation is 1. The van der Waals surface area contributed by atoms with E-state index in [-0.39, 0.29) is 6.10 Å². The zero-order valence-electron chi connectivity index (χ0n) is 12.0. The highest BCUT2D eigenvalue weighted by Crippen LogP contribution is 2.26. The summed E-state index contributed by atoms with van der Waals surface area (Å²) in [5, 5.41) is 9.02. The predicted molar refractivity (Wildman–Crippen MR) is 83.4 cm³/mol. The van der Waals surface area contributed by atoms with E-state index in [0.29, 0.717) is 6.04 Å². The van der Waals surface area contributed by atoms with E-state index in [1.807, 2.05) is 30.3 Å². The van der Waals surface area contributed by atoms with Crippen molar-refractivity contribution in [2.45, 2.75) is 38.3 Å². The number of rotatable bonds is 1. The maximum absolute atomic E-state index is 9.02. The topological polar surface area (TPSA) is 46.2 Å². The van der Waals surface area contributed by atoms with Gasteiger partial charge in [0.2, 0.25) is 0 Å². The highest BCUT2D eigenvalue weighted by atomic mass is 16.3. The Morgan fingerprint density at radius 2 is 1.70 bits per heavy atom. The molecule has 0 aliphatic heterocycles. The Balaban J connectivity index is 0.000000151. The van der Waals surface area contributed by atoms with Gasteiger partial charge < -0.3 is 10.8 Å². The molecule has 1 aliphatic rings. The van der Waals surface area contributed by atoms with E-state index >= 15 is 0 Å². The van der Waals surface area contributed by atoms with Crippen molar-refractivity contribution in [2.75, 3.05) is 0 Å². The van der Waals surface area contributed by atoms with Gasteiger partial charge in [0, 0.05) is 6.04 Å². The van der Waals surface area contributed by atoms with Gasteiger partial charge in [0.05, 0.1) is 6.10 Å². The first kappa shape index (κ1) is 14.8. The lowest BCUT2D eigenvalue weighted by molar-refractivity contribution is 0.199. The van der Waals surface area contributed by atoms with Crippen molar-refractivity contribution in [3.8, 4) is 0 Å². The second-order valence-corrected chi connectivity index (χ2v) is 5.28. The van der Waals surface area contributed by atoms with Gasteiger partial charge in [0.15, 0.2) is 0 Å². The van der Waals surface area contributed by atoms with Crippen LogP contribution < -0.4 is 5.73 Å². The second-order valence-electron chi connectivity index (χ2n) is 5.28. The molecule has 0 aromatic heterocycles. The molecule has 20 heavy (non-hydrogen) atoms. The van der Waals surface area contributed by atoms with E-state index in [1.54, 1.807) is 6.92 Å². The predicted octanol–water partition coefficient (Wildman–Crippen LogP) is 3.76. The van der Waals surface area contributed by atoms with Crippen LogP contribution in [0.15, 0.2) is 54.6 Å². The van der Waals surface area contributed by atoms with Gasteiger partial charge in [-0.15, -0.1) is 0 Å². The number of aliphatic hydroxyl groups excluding tert-OH is 1. The summed E-state index contributed by atoms with van der Waals surface area (Å²) in [6.45, 7) is 1.76. The van der Waals surface area contributed by atoms with Crippen LogP contribution in [0.25, 0.3) is 0 Å². The molecule has 0 fully saturated rings. The summed E-state index contributed by atoms with van der Waals surface area (Å²) in [5.41, 5.74) is 9.73. The molecule has 2 aromatic carbocycles. The van der Waals surface area contributed by atoms with Crippen LogP contribution in [-0.2, 0) is 6.42 Å². The molecule has 3 N–H and O–H groups in total. The quantitative estimate of drug-likeness (QED) is 0.828. The lowest BCUT2D eigenvalue weighted by Gasteiger charge is -2.21. The van der Waals surface area contributed by atoms with Crippen LogP contribution in [0, 0.1) is 0 Å². The number of hydrogen-bond donors (Lipinski definition) is 2. The smallest absolute Gasteiger partial charge is 0.0761 e. The molecule has 0 saturated carbocycles. The maximum atomic E-state index is 9.02. The zero-order chi connectivity index (χ0) is 14.4. The molecule has 0 bridgehead atoms. The second kappa shape index (κ2) is 7.22. The van der Waals surface area contributed by atoms with Crippen molar-refractivity contribution in [1.82, 2.24) is 0 Å².